The van der Waals surface area contributed by atoms with E-state index in [1.54, 1.807) is 0 Å². The Morgan fingerprint density at radius 1 is 1.55 bits per heavy atom. The van der Waals surface area contributed by atoms with Gasteiger partial charge in [-0.3, -0.25) is 20.8 Å². The summed E-state index contributed by atoms with van der Waals surface area (Å²) in [6.45, 7) is -0.00813. The summed E-state index contributed by atoms with van der Waals surface area (Å²) in [6.07, 6.45) is 1.71. The highest BCUT2D eigenvalue weighted by Gasteiger charge is 2.35. The van der Waals surface area contributed by atoms with E-state index in [0.29, 0.717) is 0 Å². The number of nitro benzene ring substituents is 1. The molecule has 0 aliphatic heterocycles. The fourth-order valence-electron chi connectivity index (χ4n) is 2.13. The molecular formula is C12H16N4O4. The molecule has 1 aromatic carbocycles. The van der Waals surface area contributed by atoms with Crippen molar-refractivity contribution in [3.63, 3.8) is 0 Å². The van der Waals surface area contributed by atoms with Crippen molar-refractivity contribution in [3.8, 4) is 0 Å². The van der Waals surface area contributed by atoms with Crippen LogP contribution in [0.2, 0.25) is 0 Å². The molecule has 0 bridgehead atoms. The molecule has 2 rings (SSSR count). The first-order valence-corrected chi connectivity index (χ1v) is 6.26. The van der Waals surface area contributed by atoms with Gasteiger partial charge < -0.3 is 15.4 Å². The molecule has 0 heterocycles. The van der Waals surface area contributed by atoms with Crippen molar-refractivity contribution >= 4 is 17.3 Å². The smallest absolute Gasteiger partial charge is 0.306 e. The van der Waals surface area contributed by atoms with Gasteiger partial charge in [-0.2, -0.15) is 0 Å². The van der Waals surface area contributed by atoms with E-state index >= 15 is 0 Å². The maximum absolute atomic E-state index is 12.5. The second-order valence-corrected chi connectivity index (χ2v) is 4.56. The molecule has 0 spiro atoms. The Morgan fingerprint density at radius 2 is 2.25 bits per heavy atom. The Bertz CT molecular complexity index is 530. The molecule has 8 heteroatoms. The van der Waals surface area contributed by atoms with Gasteiger partial charge in [0.2, 0.25) is 0 Å². The lowest BCUT2D eigenvalue weighted by atomic mass is 10.1. The summed E-state index contributed by atoms with van der Waals surface area (Å²) in [6, 6.07) is 4.42. The van der Waals surface area contributed by atoms with Crippen molar-refractivity contribution in [1.82, 2.24) is 4.90 Å². The maximum atomic E-state index is 12.5. The highest BCUT2D eigenvalue weighted by Crippen LogP contribution is 2.33. The first kappa shape index (κ1) is 14.2. The number of anilines is 1. The average molecular weight is 280 g/mol. The molecule has 1 saturated carbocycles. The third-order valence-electron chi connectivity index (χ3n) is 3.19. The van der Waals surface area contributed by atoms with Gasteiger partial charge in [0.05, 0.1) is 11.5 Å². The molecule has 1 amide bonds. The number of para-hydroxylation sites is 1. The number of nitrogens with two attached hydrogens (primary N) is 1. The Labute approximate surface area is 115 Å². The van der Waals surface area contributed by atoms with Crippen LogP contribution in [0.4, 0.5) is 11.4 Å². The third kappa shape index (κ3) is 2.70. The van der Waals surface area contributed by atoms with Gasteiger partial charge in [-0.25, -0.2) is 0 Å². The number of nitrogen functional groups attached to an aromatic ring is 1. The molecule has 20 heavy (non-hydrogen) atoms. The number of aliphatic hydroxyl groups excluding tert-OH is 1. The Morgan fingerprint density at radius 3 is 2.75 bits per heavy atom. The van der Waals surface area contributed by atoms with E-state index in [1.165, 1.54) is 23.1 Å². The van der Waals surface area contributed by atoms with E-state index in [4.69, 9.17) is 10.9 Å². The van der Waals surface area contributed by atoms with Crippen LogP contribution >= 0.6 is 0 Å². The van der Waals surface area contributed by atoms with Gasteiger partial charge in [0.15, 0.2) is 0 Å². The van der Waals surface area contributed by atoms with Gasteiger partial charge in [0, 0.05) is 12.6 Å². The van der Waals surface area contributed by atoms with Crippen molar-refractivity contribution in [2.24, 2.45) is 5.84 Å². The van der Waals surface area contributed by atoms with E-state index in [0.717, 1.165) is 12.8 Å². The zero-order chi connectivity index (χ0) is 14.7. The molecular weight excluding hydrogens is 264 g/mol. The monoisotopic (exact) mass is 280 g/mol. The molecule has 0 saturated heterocycles. The quantitative estimate of drug-likeness (QED) is 0.396. The summed E-state index contributed by atoms with van der Waals surface area (Å²) in [5.74, 6) is 4.79. The predicted octanol–water partition coefficient (Wildman–Crippen LogP) is 0.477. The molecule has 4 N–H and O–H groups in total. The molecule has 0 unspecified atom stereocenters. The zero-order valence-corrected chi connectivity index (χ0v) is 10.8. The second kappa shape index (κ2) is 5.85. The number of carbonyl (C=O) groups excluding carboxylic acids is 1. The molecule has 1 aliphatic carbocycles. The number of aliphatic hydroxyl groups is 1. The number of hydrogen-bond donors (Lipinski definition) is 3. The van der Waals surface area contributed by atoms with Crippen molar-refractivity contribution in [1.29, 1.82) is 0 Å². The van der Waals surface area contributed by atoms with E-state index < -0.39 is 10.8 Å². The SMILES string of the molecule is NNc1cccc(C(=O)N(CCO)C2CC2)c1[N+](=O)[O-]. The van der Waals surface area contributed by atoms with Gasteiger partial charge in [-0.15, -0.1) is 0 Å². The van der Waals surface area contributed by atoms with Crippen molar-refractivity contribution in [2.45, 2.75) is 18.9 Å². The lowest BCUT2D eigenvalue weighted by molar-refractivity contribution is -0.384. The molecule has 8 nitrogen and oxygen atoms in total. The molecule has 0 aromatic heterocycles. The number of benzene rings is 1. The van der Waals surface area contributed by atoms with Crippen molar-refractivity contribution in [3.05, 3.63) is 33.9 Å². The first-order chi connectivity index (χ1) is 9.60. The Hall–Kier alpha value is -2.19. The number of nitro groups is 1. The van der Waals surface area contributed by atoms with E-state index in [1.807, 2.05) is 0 Å². The van der Waals surface area contributed by atoms with Crippen LogP contribution in [-0.4, -0.2) is 40.0 Å². The predicted molar refractivity (Wildman–Crippen MR) is 72.1 cm³/mol. The van der Waals surface area contributed by atoms with Crippen molar-refractivity contribution < 1.29 is 14.8 Å². The van der Waals surface area contributed by atoms with Crippen LogP contribution in [0.3, 0.4) is 0 Å². The number of rotatable bonds is 6. The van der Waals surface area contributed by atoms with E-state index in [2.05, 4.69) is 5.43 Å². The summed E-state index contributed by atoms with van der Waals surface area (Å²) < 4.78 is 0. The van der Waals surface area contributed by atoms with Crippen LogP contribution in [0.1, 0.15) is 23.2 Å². The normalized spacial score (nSPS) is 13.9. The number of nitrogens with zero attached hydrogens (tertiary/aromatic N) is 2. The van der Waals surface area contributed by atoms with Crippen LogP contribution in [0.5, 0.6) is 0 Å². The topological polar surface area (TPSA) is 122 Å². The maximum Gasteiger partial charge on any atom is 0.306 e. The summed E-state index contributed by atoms with van der Waals surface area (Å²) in [4.78, 5) is 24.5. The summed E-state index contributed by atoms with van der Waals surface area (Å²) in [5, 5.41) is 20.2. The fourth-order valence-corrected chi connectivity index (χ4v) is 2.13. The van der Waals surface area contributed by atoms with Gasteiger partial charge in [-0.05, 0) is 25.0 Å². The molecule has 1 aromatic rings. The van der Waals surface area contributed by atoms with Gasteiger partial charge in [0.25, 0.3) is 5.91 Å². The fraction of sp³-hybridized carbons (Fsp3) is 0.417. The first-order valence-electron chi connectivity index (χ1n) is 6.26. The summed E-state index contributed by atoms with van der Waals surface area (Å²) in [7, 11) is 0. The zero-order valence-electron chi connectivity index (χ0n) is 10.8. The van der Waals surface area contributed by atoms with Crippen molar-refractivity contribution in [2.75, 3.05) is 18.6 Å². The Balaban J connectivity index is 2.40. The number of amides is 1. The van der Waals surface area contributed by atoms with E-state index in [9.17, 15) is 14.9 Å². The molecule has 0 radical (unpaired) electrons. The molecule has 1 aliphatic rings. The van der Waals surface area contributed by atoms with Gasteiger partial charge in [-0.1, -0.05) is 6.07 Å². The molecule has 108 valence electrons. The van der Waals surface area contributed by atoms with Gasteiger partial charge in [0.1, 0.15) is 11.3 Å². The minimum atomic E-state index is -0.632. The minimum absolute atomic E-state index is 0.0224. The van der Waals surface area contributed by atoms with Crippen LogP contribution in [0, 0.1) is 10.1 Å². The summed E-state index contributed by atoms with van der Waals surface area (Å²) in [5.41, 5.74) is 1.94. The number of carbonyl (C=O) groups is 1. The lowest BCUT2D eigenvalue weighted by Crippen LogP contribution is -2.36. The standard InChI is InChI=1S/C12H16N4O4/c13-14-10-3-1-2-9(11(10)16(19)20)12(18)15(6-7-17)8-4-5-8/h1-3,8,14,17H,4-7,13H2. The Kier molecular flexibility index (Phi) is 4.16. The lowest BCUT2D eigenvalue weighted by Gasteiger charge is -2.21. The largest absolute Gasteiger partial charge is 0.395 e. The summed E-state index contributed by atoms with van der Waals surface area (Å²) >= 11 is 0. The average Bonchev–Trinajstić information content (AvgIpc) is 3.27. The van der Waals surface area contributed by atoms with Crippen LogP contribution < -0.4 is 11.3 Å². The van der Waals surface area contributed by atoms with Crippen LogP contribution in [0.15, 0.2) is 18.2 Å². The van der Waals surface area contributed by atoms with E-state index in [-0.39, 0.29) is 36.1 Å². The van der Waals surface area contributed by atoms with Crippen LogP contribution in [0.25, 0.3) is 0 Å². The highest BCUT2D eigenvalue weighted by atomic mass is 16.6. The van der Waals surface area contributed by atoms with Crippen LogP contribution in [-0.2, 0) is 0 Å². The van der Waals surface area contributed by atoms with Gasteiger partial charge >= 0.3 is 5.69 Å². The molecule has 1 fully saturated rings. The molecule has 0 atom stereocenters. The third-order valence-corrected chi connectivity index (χ3v) is 3.19. The minimum Gasteiger partial charge on any atom is -0.395 e. The number of hydrogen-bond acceptors (Lipinski definition) is 6. The number of hydrazine groups is 1. The second-order valence-electron chi connectivity index (χ2n) is 4.56. The number of nitrogens with one attached hydrogen (secondary N) is 1. The highest BCUT2D eigenvalue weighted by molar-refractivity contribution is 6.00.